The quantitative estimate of drug-likeness (QED) is 0.687. The van der Waals surface area contributed by atoms with Crippen molar-refractivity contribution in [2.75, 3.05) is 13.1 Å². The lowest BCUT2D eigenvalue weighted by Gasteiger charge is -2.35. The Kier molecular flexibility index (Phi) is 2.30. The second-order valence-electron chi connectivity index (χ2n) is 4.13. The fourth-order valence-electron chi connectivity index (χ4n) is 2.29. The van der Waals surface area contributed by atoms with Gasteiger partial charge in [0.05, 0.1) is 10.4 Å². The molecule has 0 aromatic carbocycles. The van der Waals surface area contributed by atoms with Crippen LogP contribution >= 0.6 is 24.0 Å². The zero-order chi connectivity index (χ0) is 9.54. The van der Waals surface area contributed by atoms with Crippen LogP contribution in [0.25, 0.3) is 0 Å². The number of thiocarbonyl (C=S) groups is 1. The first kappa shape index (κ1) is 9.19. The maximum absolute atomic E-state index is 5.23. The van der Waals surface area contributed by atoms with E-state index >= 15 is 0 Å². The number of thioether (sulfide) groups is 1. The molecule has 3 heterocycles. The highest BCUT2D eigenvalue weighted by Crippen LogP contribution is 2.46. The number of piperidine rings is 1. The van der Waals surface area contributed by atoms with E-state index in [1.165, 1.54) is 25.9 Å². The van der Waals surface area contributed by atoms with Gasteiger partial charge in [0.15, 0.2) is 0 Å². The predicted molar refractivity (Wildman–Crippen MR) is 64.1 cm³/mol. The van der Waals surface area contributed by atoms with Gasteiger partial charge in [-0.1, -0.05) is 12.2 Å². The number of allylic oxidation sites excluding steroid dienone is 1. The van der Waals surface area contributed by atoms with Crippen LogP contribution < -0.4 is 5.32 Å². The first-order valence-corrected chi connectivity index (χ1v) is 6.53. The Bertz CT molecular complexity index is 294. The van der Waals surface area contributed by atoms with Crippen molar-refractivity contribution in [3.63, 3.8) is 0 Å². The molecule has 0 saturated carbocycles. The summed E-state index contributed by atoms with van der Waals surface area (Å²) in [5.74, 6) is 0.801. The van der Waals surface area contributed by atoms with Gasteiger partial charge in [-0.25, -0.2) is 0 Å². The largest absolute Gasteiger partial charge is 0.328 e. The Balaban J connectivity index is 1.70. The smallest absolute Gasteiger partial charge is 0.0905 e. The molecule has 3 aliphatic rings. The Morgan fingerprint density at radius 3 is 2.86 bits per heavy atom. The topological polar surface area (TPSA) is 15.3 Å². The highest BCUT2D eigenvalue weighted by Gasteiger charge is 2.39. The Labute approximate surface area is 94.1 Å². The highest BCUT2D eigenvalue weighted by molar-refractivity contribution is 8.04. The first-order valence-electron chi connectivity index (χ1n) is 5.25. The Morgan fingerprint density at radius 1 is 1.43 bits per heavy atom. The summed E-state index contributed by atoms with van der Waals surface area (Å²) in [6, 6.07) is 0. The van der Waals surface area contributed by atoms with E-state index in [1.807, 2.05) is 11.8 Å². The van der Waals surface area contributed by atoms with E-state index in [0.717, 1.165) is 17.3 Å². The van der Waals surface area contributed by atoms with Crippen LogP contribution in [0.3, 0.4) is 0 Å². The second-order valence-corrected chi connectivity index (χ2v) is 5.86. The zero-order valence-corrected chi connectivity index (χ0v) is 9.66. The van der Waals surface area contributed by atoms with Crippen molar-refractivity contribution in [2.45, 2.75) is 24.6 Å². The molecule has 4 heteroatoms. The minimum absolute atomic E-state index is 0.660. The van der Waals surface area contributed by atoms with Gasteiger partial charge in [0.25, 0.3) is 0 Å². The monoisotopic (exact) mass is 226 g/mol. The number of fused-ring (bicyclic) bond motifs is 1. The molecule has 3 rings (SSSR count). The van der Waals surface area contributed by atoms with Crippen LogP contribution in [-0.2, 0) is 0 Å². The van der Waals surface area contributed by atoms with Crippen molar-refractivity contribution < 1.29 is 0 Å². The van der Waals surface area contributed by atoms with Crippen LogP contribution in [0, 0.1) is 5.92 Å². The van der Waals surface area contributed by atoms with E-state index in [1.54, 1.807) is 4.91 Å². The number of rotatable bonds is 1. The van der Waals surface area contributed by atoms with Crippen LogP contribution in [0.5, 0.6) is 0 Å². The van der Waals surface area contributed by atoms with E-state index in [0.29, 0.717) is 5.37 Å². The summed E-state index contributed by atoms with van der Waals surface area (Å²) in [6.45, 7) is 2.36. The number of hydrogen-bond acceptors (Lipinski definition) is 3. The molecule has 2 fully saturated rings. The lowest BCUT2D eigenvalue weighted by molar-refractivity contribution is 0.424. The molecular formula is C10H14N2S2. The second kappa shape index (κ2) is 3.51. The molecule has 0 aromatic rings. The molecule has 0 radical (unpaired) electrons. The molecule has 2 saturated heterocycles. The van der Waals surface area contributed by atoms with Gasteiger partial charge in [-0.05, 0) is 31.8 Å². The van der Waals surface area contributed by atoms with Gasteiger partial charge in [-0.2, -0.15) is 0 Å². The van der Waals surface area contributed by atoms with Gasteiger partial charge in [-0.15, -0.1) is 11.8 Å². The predicted octanol–water partition coefficient (Wildman–Crippen LogP) is 1.93. The SMILES string of the molecule is S=C1C[C@@H]2SC(C3CCNCC3)=CN12. The van der Waals surface area contributed by atoms with Crippen LogP contribution in [0.1, 0.15) is 19.3 Å². The molecule has 2 nitrogen and oxygen atoms in total. The van der Waals surface area contributed by atoms with Gasteiger partial charge in [-0.3, -0.25) is 0 Å². The molecule has 0 aromatic heterocycles. The van der Waals surface area contributed by atoms with E-state index < -0.39 is 0 Å². The molecule has 1 N–H and O–H groups in total. The van der Waals surface area contributed by atoms with Gasteiger partial charge in [0, 0.05) is 17.5 Å². The minimum Gasteiger partial charge on any atom is -0.328 e. The fraction of sp³-hybridized carbons (Fsp3) is 0.700. The average Bonchev–Trinajstić information content (AvgIpc) is 2.57. The third-order valence-electron chi connectivity index (χ3n) is 3.23. The molecular weight excluding hydrogens is 212 g/mol. The maximum atomic E-state index is 5.23. The number of hydrogen-bond donors (Lipinski definition) is 1. The van der Waals surface area contributed by atoms with Crippen LogP contribution in [0.15, 0.2) is 11.1 Å². The van der Waals surface area contributed by atoms with Crippen molar-refractivity contribution in [3.05, 3.63) is 11.1 Å². The van der Waals surface area contributed by atoms with E-state index in [9.17, 15) is 0 Å². The maximum Gasteiger partial charge on any atom is 0.0905 e. The summed E-state index contributed by atoms with van der Waals surface area (Å²) in [6.07, 6.45) is 6.01. The van der Waals surface area contributed by atoms with Crippen LogP contribution in [0.2, 0.25) is 0 Å². The summed E-state index contributed by atoms with van der Waals surface area (Å²) < 4.78 is 0. The van der Waals surface area contributed by atoms with Crippen molar-refractivity contribution in [1.82, 2.24) is 10.2 Å². The van der Waals surface area contributed by atoms with Crippen molar-refractivity contribution >= 4 is 29.0 Å². The molecule has 3 aliphatic heterocycles. The van der Waals surface area contributed by atoms with E-state index in [2.05, 4.69) is 16.4 Å². The first-order chi connectivity index (χ1) is 6.84. The average molecular weight is 226 g/mol. The molecule has 0 bridgehead atoms. The highest BCUT2D eigenvalue weighted by atomic mass is 32.2. The summed E-state index contributed by atoms with van der Waals surface area (Å²) in [5.41, 5.74) is 0. The third kappa shape index (κ3) is 1.40. The van der Waals surface area contributed by atoms with E-state index in [4.69, 9.17) is 12.2 Å². The zero-order valence-electron chi connectivity index (χ0n) is 8.03. The molecule has 0 aliphatic carbocycles. The lowest BCUT2D eigenvalue weighted by atomic mass is 9.98. The molecule has 14 heavy (non-hydrogen) atoms. The summed E-state index contributed by atoms with van der Waals surface area (Å²) in [4.78, 5) is 4.99. The van der Waals surface area contributed by atoms with Crippen LogP contribution in [-0.4, -0.2) is 28.4 Å². The Hall–Kier alpha value is -0.0600. The van der Waals surface area contributed by atoms with Crippen molar-refractivity contribution in [3.8, 4) is 0 Å². The molecule has 76 valence electrons. The van der Waals surface area contributed by atoms with Gasteiger partial charge >= 0.3 is 0 Å². The summed E-state index contributed by atoms with van der Waals surface area (Å²) >= 11 is 7.27. The van der Waals surface area contributed by atoms with Crippen molar-refractivity contribution in [1.29, 1.82) is 0 Å². The van der Waals surface area contributed by atoms with Gasteiger partial charge in [0.2, 0.25) is 0 Å². The number of nitrogens with zero attached hydrogens (tertiary/aromatic N) is 1. The van der Waals surface area contributed by atoms with Crippen molar-refractivity contribution in [2.24, 2.45) is 5.92 Å². The fourth-order valence-corrected chi connectivity index (χ4v) is 4.26. The van der Waals surface area contributed by atoms with Gasteiger partial charge < -0.3 is 10.2 Å². The summed E-state index contributed by atoms with van der Waals surface area (Å²) in [7, 11) is 0. The molecule has 0 spiro atoms. The molecule has 0 amide bonds. The third-order valence-corrected chi connectivity index (χ3v) is 4.98. The summed E-state index contributed by atoms with van der Waals surface area (Å²) in [5, 5.41) is 4.07. The van der Waals surface area contributed by atoms with Crippen LogP contribution in [0.4, 0.5) is 0 Å². The standard InChI is InChI=1S/C10H14N2S2/c13-9-5-10-12(9)6-8(14-10)7-1-3-11-4-2-7/h6-7,10-11H,1-5H2/t10-/m0/s1. The normalized spacial score (nSPS) is 32.6. The Morgan fingerprint density at radius 2 is 2.21 bits per heavy atom. The minimum atomic E-state index is 0.660. The molecule has 0 unspecified atom stereocenters. The number of nitrogens with one attached hydrogen (secondary N) is 1. The van der Waals surface area contributed by atoms with Gasteiger partial charge in [0.1, 0.15) is 0 Å². The lowest BCUT2D eigenvalue weighted by Crippen LogP contribution is -2.43. The van der Waals surface area contributed by atoms with E-state index in [-0.39, 0.29) is 0 Å². The molecule has 1 atom stereocenters.